The minimum atomic E-state index is -0.186. The second kappa shape index (κ2) is 4.89. The number of hydrogen-bond donors (Lipinski definition) is 2. The van der Waals surface area contributed by atoms with E-state index < -0.39 is 0 Å². The Hall–Kier alpha value is -2.08. The molecule has 3 aromatic rings. The summed E-state index contributed by atoms with van der Waals surface area (Å²) in [5.74, 6) is 0.764. The van der Waals surface area contributed by atoms with E-state index in [0.29, 0.717) is 16.3 Å². The van der Waals surface area contributed by atoms with Gasteiger partial charge in [0, 0.05) is 5.75 Å². The monoisotopic (exact) mass is 272 g/mol. The normalized spacial score (nSPS) is 11.0. The molecule has 0 aliphatic heterocycles. The molecule has 0 aliphatic rings. The lowest BCUT2D eigenvalue weighted by molar-refractivity contribution is 0.964. The standard InChI is InChI=1S/C13H12N4OS/c1-8-3-2-4-9(5-8)6-19-13-16-11-10(12(18)17-13)14-7-15-11/h2-5,7H,6H2,1H3,(H2,14,15,16,17,18). The Morgan fingerprint density at radius 2 is 2.26 bits per heavy atom. The third-order valence-corrected chi connectivity index (χ3v) is 3.68. The number of thioether (sulfide) groups is 1. The number of aryl methyl sites for hydroxylation is 1. The van der Waals surface area contributed by atoms with Gasteiger partial charge in [-0.1, -0.05) is 41.6 Å². The Labute approximate surface area is 113 Å². The summed E-state index contributed by atoms with van der Waals surface area (Å²) < 4.78 is 0. The van der Waals surface area contributed by atoms with Crippen LogP contribution in [0.25, 0.3) is 11.2 Å². The largest absolute Gasteiger partial charge is 0.339 e. The molecule has 0 aliphatic carbocycles. The third-order valence-electron chi connectivity index (χ3n) is 2.73. The minimum Gasteiger partial charge on any atom is -0.339 e. The molecule has 0 radical (unpaired) electrons. The van der Waals surface area contributed by atoms with Crippen LogP contribution in [-0.2, 0) is 5.75 Å². The number of imidazole rings is 1. The van der Waals surface area contributed by atoms with E-state index in [-0.39, 0.29) is 5.56 Å². The molecule has 1 aromatic carbocycles. The van der Waals surface area contributed by atoms with Crippen LogP contribution in [0.4, 0.5) is 0 Å². The highest BCUT2D eigenvalue weighted by Crippen LogP contribution is 2.19. The van der Waals surface area contributed by atoms with Crippen LogP contribution in [0.5, 0.6) is 0 Å². The maximum absolute atomic E-state index is 11.7. The number of aromatic nitrogens is 4. The number of fused-ring (bicyclic) bond motifs is 1. The number of benzene rings is 1. The van der Waals surface area contributed by atoms with Crippen molar-refractivity contribution in [2.24, 2.45) is 0 Å². The molecule has 0 unspecified atom stereocenters. The van der Waals surface area contributed by atoms with E-state index >= 15 is 0 Å². The lowest BCUT2D eigenvalue weighted by atomic mass is 10.2. The first kappa shape index (κ1) is 12.0. The molecule has 0 saturated carbocycles. The first-order chi connectivity index (χ1) is 9.22. The summed E-state index contributed by atoms with van der Waals surface area (Å²) in [4.78, 5) is 25.6. The zero-order valence-electron chi connectivity index (χ0n) is 10.3. The summed E-state index contributed by atoms with van der Waals surface area (Å²) in [5, 5.41) is 0.589. The Bertz CT molecular complexity index is 777. The van der Waals surface area contributed by atoms with Crippen LogP contribution in [-0.4, -0.2) is 19.9 Å². The molecular formula is C13H12N4OS. The maximum Gasteiger partial charge on any atom is 0.277 e. The van der Waals surface area contributed by atoms with Gasteiger partial charge in [0.1, 0.15) is 0 Å². The fourth-order valence-corrected chi connectivity index (χ4v) is 2.64. The van der Waals surface area contributed by atoms with Crippen LogP contribution in [0.3, 0.4) is 0 Å². The Kier molecular flexibility index (Phi) is 3.08. The predicted octanol–water partition coefficient (Wildman–Crippen LogP) is 2.25. The Morgan fingerprint density at radius 3 is 3.11 bits per heavy atom. The molecule has 0 atom stereocenters. The van der Waals surface area contributed by atoms with E-state index in [4.69, 9.17) is 0 Å². The minimum absolute atomic E-state index is 0.186. The summed E-state index contributed by atoms with van der Waals surface area (Å²) >= 11 is 1.49. The van der Waals surface area contributed by atoms with Gasteiger partial charge in [-0.15, -0.1) is 0 Å². The number of rotatable bonds is 3. The second-order valence-electron chi connectivity index (χ2n) is 4.25. The molecule has 0 saturated heterocycles. The molecular weight excluding hydrogens is 260 g/mol. The van der Waals surface area contributed by atoms with Crippen molar-refractivity contribution in [3.63, 3.8) is 0 Å². The van der Waals surface area contributed by atoms with Crippen LogP contribution >= 0.6 is 11.8 Å². The molecule has 3 rings (SSSR count). The van der Waals surface area contributed by atoms with Crippen LogP contribution in [0.2, 0.25) is 0 Å². The molecule has 0 fully saturated rings. The summed E-state index contributed by atoms with van der Waals surface area (Å²) in [6.45, 7) is 2.06. The molecule has 6 heteroatoms. The summed E-state index contributed by atoms with van der Waals surface area (Å²) in [6, 6.07) is 8.27. The van der Waals surface area contributed by atoms with Crippen molar-refractivity contribution >= 4 is 22.9 Å². The smallest absolute Gasteiger partial charge is 0.277 e. The van der Waals surface area contributed by atoms with Gasteiger partial charge >= 0.3 is 0 Å². The molecule has 0 bridgehead atoms. The zero-order valence-corrected chi connectivity index (χ0v) is 11.1. The highest BCUT2D eigenvalue weighted by atomic mass is 32.2. The van der Waals surface area contributed by atoms with Crippen molar-refractivity contribution in [1.29, 1.82) is 0 Å². The van der Waals surface area contributed by atoms with Gasteiger partial charge < -0.3 is 4.98 Å². The van der Waals surface area contributed by atoms with Gasteiger partial charge in [-0.25, -0.2) is 9.97 Å². The van der Waals surface area contributed by atoms with Crippen molar-refractivity contribution in [2.45, 2.75) is 17.8 Å². The van der Waals surface area contributed by atoms with Crippen LogP contribution < -0.4 is 5.56 Å². The average molecular weight is 272 g/mol. The molecule has 2 N–H and O–H groups in total. The average Bonchev–Trinajstić information content (AvgIpc) is 2.85. The number of aromatic amines is 2. The van der Waals surface area contributed by atoms with E-state index in [9.17, 15) is 4.79 Å². The van der Waals surface area contributed by atoms with E-state index in [1.165, 1.54) is 29.2 Å². The van der Waals surface area contributed by atoms with Gasteiger partial charge in [0.05, 0.1) is 6.33 Å². The van der Waals surface area contributed by atoms with Crippen LogP contribution in [0.1, 0.15) is 11.1 Å². The lowest BCUT2D eigenvalue weighted by Crippen LogP contribution is -2.09. The number of nitrogens with zero attached hydrogens (tertiary/aromatic N) is 2. The third kappa shape index (κ3) is 2.53. The number of hydrogen-bond acceptors (Lipinski definition) is 4. The molecule has 19 heavy (non-hydrogen) atoms. The van der Waals surface area contributed by atoms with Gasteiger partial charge in [0.25, 0.3) is 5.56 Å². The molecule has 2 heterocycles. The Balaban J connectivity index is 1.83. The van der Waals surface area contributed by atoms with E-state index in [1.54, 1.807) is 0 Å². The van der Waals surface area contributed by atoms with E-state index in [0.717, 1.165) is 5.75 Å². The lowest BCUT2D eigenvalue weighted by Gasteiger charge is -2.02. The predicted molar refractivity (Wildman–Crippen MR) is 75.2 cm³/mol. The van der Waals surface area contributed by atoms with Gasteiger partial charge in [0.2, 0.25) is 0 Å². The quantitative estimate of drug-likeness (QED) is 0.566. The molecule has 5 nitrogen and oxygen atoms in total. The van der Waals surface area contributed by atoms with Gasteiger partial charge in [-0.05, 0) is 12.5 Å². The van der Waals surface area contributed by atoms with Crippen LogP contribution in [0.15, 0.2) is 40.5 Å². The second-order valence-corrected chi connectivity index (χ2v) is 5.21. The van der Waals surface area contributed by atoms with E-state index in [2.05, 4.69) is 45.1 Å². The fraction of sp³-hybridized carbons (Fsp3) is 0.154. The molecule has 2 aromatic heterocycles. The zero-order chi connectivity index (χ0) is 13.2. The van der Waals surface area contributed by atoms with Crippen molar-refractivity contribution in [1.82, 2.24) is 19.9 Å². The van der Waals surface area contributed by atoms with Gasteiger partial charge in [-0.2, -0.15) is 0 Å². The summed E-state index contributed by atoms with van der Waals surface area (Å²) in [5.41, 5.74) is 3.11. The van der Waals surface area contributed by atoms with Crippen molar-refractivity contribution in [2.75, 3.05) is 0 Å². The number of H-pyrrole nitrogens is 2. The van der Waals surface area contributed by atoms with E-state index in [1.807, 2.05) is 6.07 Å². The van der Waals surface area contributed by atoms with Crippen LogP contribution in [0, 0.1) is 6.92 Å². The highest BCUT2D eigenvalue weighted by molar-refractivity contribution is 7.98. The van der Waals surface area contributed by atoms with Gasteiger partial charge in [0.15, 0.2) is 16.3 Å². The topological polar surface area (TPSA) is 74.4 Å². The van der Waals surface area contributed by atoms with Crippen molar-refractivity contribution in [3.05, 3.63) is 52.1 Å². The molecule has 0 spiro atoms. The first-order valence-corrected chi connectivity index (χ1v) is 6.83. The number of nitrogens with one attached hydrogen (secondary N) is 2. The van der Waals surface area contributed by atoms with Gasteiger partial charge in [-0.3, -0.25) is 9.78 Å². The molecule has 96 valence electrons. The summed E-state index contributed by atoms with van der Waals surface area (Å²) in [7, 11) is 0. The molecule has 0 amide bonds. The fourth-order valence-electron chi connectivity index (χ4n) is 1.84. The van der Waals surface area contributed by atoms with Crippen molar-refractivity contribution in [3.8, 4) is 0 Å². The Morgan fingerprint density at radius 1 is 1.37 bits per heavy atom. The van der Waals surface area contributed by atoms with Crippen molar-refractivity contribution < 1.29 is 0 Å². The highest BCUT2D eigenvalue weighted by Gasteiger charge is 2.06. The first-order valence-electron chi connectivity index (χ1n) is 5.84. The maximum atomic E-state index is 11.7. The SMILES string of the molecule is Cc1cccc(CSc2nc3nc[nH]c3c(=O)[nH]2)c1. The summed E-state index contributed by atoms with van der Waals surface area (Å²) in [6.07, 6.45) is 1.47.